The van der Waals surface area contributed by atoms with E-state index in [1.54, 1.807) is 13.8 Å². The third-order valence-corrected chi connectivity index (χ3v) is 2.30. The maximum absolute atomic E-state index is 12.0. The van der Waals surface area contributed by atoms with E-state index < -0.39 is 25.2 Å². The molecule has 0 radical (unpaired) electrons. The van der Waals surface area contributed by atoms with Crippen LogP contribution in [0.2, 0.25) is 0 Å². The number of alkyl halides is 3. The minimum absolute atomic E-state index is 0.0516. The lowest BCUT2D eigenvalue weighted by Gasteiger charge is -2.11. The van der Waals surface area contributed by atoms with Crippen molar-refractivity contribution in [2.24, 2.45) is 0 Å². The monoisotopic (exact) mass is 277 g/mol. The van der Waals surface area contributed by atoms with Gasteiger partial charge in [0.2, 0.25) is 5.88 Å². The molecule has 19 heavy (non-hydrogen) atoms. The maximum Gasteiger partial charge on any atom is 0.392 e. The molecule has 0 saturated heterocycles. The molecule has 106 valence electrons. The second-order valence-corrected chi connectivity index (χ2v) is 4.29. The van der Waals surface area contributed by atoms with E-state index in [4.69, 9.17) is 9.84 Å². The highest BCUT2D eigenvalue weighted by molar-refractivity contribution is 5.88. The van der Waals surface area contributed by atoms with Crippen LogP contribution in [-0.2, 0) is 0 Å². The Bertz CT molecular complexity index is 458. The summed E-state index contributed by atoms with van der Waals surface area (Å²) in [6.07, 6.45) is -5.42. The van der Waals surface area contributed by atoms with Crippen molar-refractivity contribution >= 4 is 5.97 Å². The summed E-state index contributed by atoms with van der Waals surface area (Å²) in [6, 6.07) is 2.49. The molecule has 0 bridgehead atoms. The summed E-state index contributed by atoms with van der Waals surface area (Å²) in [6.45, 7) is 3.01. The topological polar surface area (TPSA) is 59.4 Å². The average Bonchev–Trinajstić information content (AvgIpc) is 2.26. The number of hydrogen-bond acceptors (Lipinski definition) is 3. The summed E-state index contributed by atoms with van der Waals surface area (Å²) in [5.41, 5.74) is 0.405. The Labute approximate surface area is 108 Å². The second kappa shape index (κ2) is 5.90. The number of nitrogens with zero attached hydrogens (tertiary/aromatic N) is 1. The predicted molar refractivity (Wildman–Crippen MR) is 61.5 cm³/mol. The van der Waals surface area contributed by atoms with Crippen LogP contribution in [0.25, 0.3) is 0 Å². The van der Waals surface area contributed by atoms with Gasteiger partial charge < -0.3 is 9.84 Å². The van der Waals surface area contributed by atoms with Crippen LogP contribution in [0.1, 0.15) is 42.2 Å². The number of aromatic carboxylic acids is 1. The summed E-state index contributed by atoms with van der Waals surface area (Å²) in [5.74, 6) is -1.33. The van der Waals surface area contributed by atoms with Gasteiger partial charge in [0, 0.05) is 11.8 Å². The van der Waals surface area contributed by atoms with Gasteiger partial charge in [-0.15, -0.1) is 0 Å². The van der Waals surface area contributed by atoms with E-state index in [1.165, 1.54) is 6.07 Å². The Hall–Kier alpha value is -1.79. The molecule has 1 N–H and O–H groups in total. The molecule has 4 nitrogen and oxygen atoms in total. The Morgan fingerprint density at radius 2 is 2.05 bits per heavy atom. The van der Waals surface area contributed by atoms with E-state index in [-0.39, 0.29) is 17.4 Å². The summed E-state index contributed by atoms with van der Waals surface area (Å²) in [4.78, 5) is 14.9. The zero-order valence-electron chi connectivity index (χ0n) is 10.5. The Balaban J connectivity index is 2.85. The lowest BCUT2D eigenvalue weighted by molar-refractivity contribution is -0.139. The molecule has 1 aromatic rings. The number of carboxylic acid groups (broad SMARTS) is 1. The molecular weight excluding hydrogens is 263 g/mol. The van der Waals surface area contributed by atoms with E-state index in [1.807, 2.05) is 0 Å². The fourth-order valence-electron chi connectivity index (χ4n) is 1.29. The molecule has 0 aromatic carbocycles. The first kappa shape index (κ1) is 15.3. The van der Waals surface area contributed by atoms with Gasteiger partial charge in [-0.1, -0.05) is 13.8 Å². The summed E-state index contributed by atoms with van der Waals surface area (Å²) >= 11 is 0. The first-order chi connectivity index (χ1) is 8.69. The quantitative estimate of drug-likeness (QED) is 0.897. The molecule has 0 atom stereocenters. The van der Waals surface area contributed by atoms with Gasteiger partial charge in [0.05, 0.1) is 18.6 Å². The summed E-state index contributed by atoms with van der Waals surface area (Å²) in [7, 11) is 0. The lowest BCUT2D eigenvalue weighted by atomic mass is 10.1. The number of hydrogen-bond donors (Lipinski definition) is 1. The zero-order chi connectivity index (χ0) is 14.6. The first-order valence-corrected chi connectivity index (χ1v) is 5.64. The van der Waals surface area contributed by atoms with Crippen LogP contribution < -0.4 is 4.74 Å². The van der Waals surface area contributed by atoms with E-state index in [0.717, 1.165) is 6.07 Å². The normalized spacial score (nSPS) is 11.7. The predicted octanol–water partition coefficient (Wildman–Crippen LogP) is 3.23. The minimum atomic E-state index is -4.31. The van der Waals surface area contributed by atoms with Gasteiger partial charge in [-0.25, -0.2) is 9.78 Å². The highest BCUT2D eigenvalue weighted by atomic mass is 19.4. The van der Waals surface area contributed by atoms with Gasteiger partial charge in [0.1, 0.15) is 0 Å². The van der Waals surface area contributed by atoms with Crippen LogP contribution in [0.3, 0.4) is 0 Å². The van der Waals surface area contributed by atoms with Crippen molar-refractivity contribution < 1.29 is 27.8 Å². The van der Waals surface area contributed by atoms with E-state index in [9.17, 15) is 18.0 Å². The maximum atomic E-state index is 12.0. The fraction of sp³-hybridized carbons (Fsp3) is 0.500. The van der Waals surface area contributed by atoms with Crippen molar-refractivity contribution in [1.82, 2.24) is 4.98 Å². The minimum Gasteiger partial charge on any atom is -0.478 e. The smallest absolute Gasteiger partial charge is 0.392 e. The summed E-state index contributed by atoms with van der Waals surface area (Å²) < 4.78 is 40.8. The molecule has 0 aliphatic carbocycles. The van der Waals surface area contributed by atoms with Crippen LogP contribution in [0.4, 0.5) is 13.2 Å². The number of pyridine rings is 1. The zero-order valence-corrected chi connectivity index (χ0v) is 10.5. The second-order valence-electron chi connectivity index (χ2n) is 4.29. The van der Waals surface area contributed by atoms with Crippen molar-refractivity contribution in [3.05, 3.63) is 23.4 Å². The third kappa shape index (κ3) is 5.15. The molecule has 0 spiro atoms. The van der Waals surface area contributed by atoms with Crippen molar-refractivity contribution in [2.75, 3.05) is 6.61 Å². The Morgan fingerprint density at radius 3 is 2.53 bits per heavy atom. The number of halogens is 3. The van der Waals surface area contributed by atoms with E-state index in [2.05, 4.69) is 4.98 Å². The highest BCUT2D eigenvalue weighted by Crippen LogP contribution is 2.22. The molecule has 7 heteroatoms. The largest absolute Gasteiger partial charge is 0.478 e. The number of rotatable bonds is 5. The van der Waals surface area contributed by atoms with Crippen molar-refractivity contribution in [3.63, 3.8) is 0 Å². The van der Waals surface area contributed by atoms with Gasteiger partial charge in [-0.3, -0.25) is 0 Å². The van der Waals surface area contributed by atoms with Crippen LogP contribution in [0.5, 0.6) is 5.88 Å². The van der Waals surface area contributed by atoms with Crippen molar-refractivity contribution in [2.45, 2.75) is 32.4 Å². The molecule has 0 aliphatic rings. The molecule has 1 aromatic heterocycles. The molecule has 0 aliphatic heterocycles. The number of ether oxygens (including phenoxy) is 1. The molecule has 1 heterocycles. The van der Waals surface area contributed by atoms with Gasteiger partial charge in [-0.2, -0.15) is 13.2 Å². The van der Waals surface area contributed by atoms with Gasteiger partial charge in [0.25, 0.3) is 0 Å². The van der Waals surface area contributed by atoms with Gasteiger partial charge in [0.15, 0.2) is 0 Å². The van der Waals surface area contributed by atoms with Crippen LogP contribution >= 0.6 is 0 Å². The number of carboxylic acids is 1. The average molecular weight is 277 g/mol. The van der Waals surface area contributed by atoms with Crippen LogP contribution in [-0.4, -0.2) is 28.8 Å². The molecule has 0 amide bonds. The van der Waals surface area contributed by atoms with E-state index in [0.29, 0.717) is 5.69 Å². The third-order valence-electron chi connectivity index (χ3n) is 2.30. The first-order valence-electron chi connectivity index (χ1n) is 5.64. The molecule has 0 fully saturated rings. The molecular formula is C12H14F3NO3. The molecule has 1 rings (SSSR count). The Kier molecular flexibility index (Phi) is 4.74. The Morgan fingerprint density at radius 1 is 1.42 bits per heavy atom. The number of carbonyl (C=O) groups is 1. The fourth-order valence-corrected chi connectivity index (χ4v) is 1.29. The standard InChI is InChI=1S/C12H14F3NO3/c1-7(2)9-5-8(11(17)18)6-10(16-9)19-4-3-12(13,14)15/h5-7H,3-4H2,1-2H3,(H,17,18). The van der Waals surface area contributed by atoms with Crippen LogP contribution in [0, 0.1) is 0 Å². The summed E-state index contributed by atoms with van der Waals surface area (Å²) in [5, 5.41) is 8.91. The van der Waals surface area contributed by atoms with Crippen molar-refractivity contribution in [1.29, 1.82) is 0 Å². The van der Waals surface area contributed by atoms with Crippen LogP contribution in [0.15, 0.2) is 12.1 Å². The lowest BCUT2D eigenvalue weighted by Crippen LogP contribution is -2.14. The highest BCUT2D eigenvalue weighted by Gasteiger charge is 2.27. The molecule has 0 saturated carbocycles. The number of aromatic nitrogens is 1. The van der Waals surface area contributed by atoms with E-state index >= 15 is 0 Å². The SMILES string of the molecule is CC(C)c1cc(C(=O)O)cc(OCCC(F)(F)F)n1. The van der Waals surface area contributed by atoms with Crippen molar-refractivity contribution in [3.8, 4) is 5.88 Å². The van der Waals surface area contributed by atoms with Gasteiger partial charge in [-0.05, 0) is 12.0 Å². The molecule has 0 unspecified atom stereocenters. The van der Waals surface area contributed by atoms with Gasteiger partial charge >= 0.3 is 12.1 Å².